The fraction of sp³-hybridized carbons (Fsp3) is 0.222. The van der Waals surface area contributed by atoms with Crippen LogP contribution in [0.3, 0.4) is 0 Å². The number of hydrogen-bond donors (Lipinski definition) is 1. The van der Waals surface area contributed by atoms with Crippen LogP contribution in [-0.4, -0.2) is 17.7 Å². The molecule has 0 aromatic heterocycles. The van der Waals surface area contributed by atoms with Crippen LogP contribution >= 0.6 is 23.2 Å². The van der Waals surface area contributed by atoms with Gasteiger partial charge in [-0.05, 0) is 19.1 Å². The van der Waals surface area contributed by atoms with E-state index in [1.54, 1.807) is 19.1 Å². The molecule has 1 N–H and O–H groups in total. The average Bonchev–Trinajstić information content (AvgIpc) is 2.13. The smallest absolute Gasteiger partial charge is 0.341 e. The molecule has 0 aliphatic rings. The monoisotopic (exact) mass is 234 g/mol. The van der Waals surface area contributed by atoms with Crippen molar-refractivity contribution in [2.45, 2.75) is 6.92 Å². The van der Waals surface area contributed by atoms with Crippen molar-refractivity contribution in [2.75, 3.05) is 6.61 Å². The van der Waals surface area contributed by atoms with Gasteiger partial charge in [-0.3, -0.25) is 0 Å². The Balaban J connectivity index is 2.88. The standard InChI is InChI=1S/C9H8Cl2O3/c1-5-7(14-4-8(12)13)3-2-6(10)9(5)11/h2-3H,4H2,1H3,(H,12,13). The first-order chi connectivity index (χ1) is 6.52. The molecule has 0 radical (unpaired) electrons. The van der Waals surface area contributed by atoms with Gasteiger partial charge in [0.2, 0.25) is 0 Å². The van der Waals surface area contributed by atoms with Crippen molar-refractivity contribution < 1.29 is 14.6 Å². The lowest BCUT2D eigenvalue weighted by Crippen LogP contribution is -2.10. The van der Waals surface area contributed by atoms with Crippen LogP contribution in [0.1, 0.15) is 5.56 Å². The van der Waals surface area contributed by atoms with Gasteiger partial charge in [0.25, 0.3) is 0 Å². The molecule has 14 heavy (non-hydrogen) atoms. The fourth-order valence-corrected chi connectivity index (χ4v) is 1.29. The summed E-state index contributed by atoms with van der Waals surface area (Å²) >= 11 is 11.6. The third kappa shape index (κ3) is 2.53. The third-order valence-corrected chi connectivity index (χ3v) is 2.54. The highest BCUT2D eigenvalue weighted by Gasteiger charge is 2.08. The third-order valence-electron chi connectivity index (χ3n) is 1.64. The maximum Gasteiger partial charge on any atom is 0.341 e. The van der Waals surface area contributed by atoms with Gasteiger partial charge in [0.05, 0.1) is 10.0 Å². The van der Waals surface area contributed by atoms with Gasteiger partial charge in [0, 0.05) is 5.56 Å². The Morgan fingerprint density at radius 1 is 1.50 bits per heavy atom. The van der Waals surface area contributed by atoms with Crippen molar-refractivity contribution in [3.63, 3.8) is 0 Å². The highest BCUT2D eigenvalue weighted by Crippen LogP contribution is 2.31. The molecule has 0 atom stereocenters. The number of carboxylic acid groups (broad SMARTS) is 1. The van der Waals surface area contributed by atoms with Crippen molar-refractivity contribution in [3.05, 3.63) is 27.7 Å². The predicted octanol–water partition coefficient (Wildman–Crippen LogP) is 2.77. The molecule has 5 heteroatoms. The quantitative estimate of drug-likeness (QED) is 0.876. The Kier molecular flexibility index (Phi) is 3.61. The summed E-state index contributed by atoms with van der Waals surface area (Å²) in [6, 6.07) is 3.15. The molecule has 1 aromatic rings. The van der Waals surface area contributed by atoms with Crippen molar-refractivity contribution in [1.82, 2.24) is 0 Å². The van der Waals surface area contributed by atoms with E-state index >= 15 is 0 Å². The predicted molar refractivity (Wildman–Crippen MR) is 54.3 cm³/mol. The zero-order valence-electron chi connectivity index (χ0n) is 7.38. The van der Waals surface area contributed by atoms with Crippen molar-refractivity contribution >= 4 is 29.2 Å². The van der Waals surface area contributed by atoms with Gasteiger partial charge in [-0.15, -0.1) is 0 Å². The van der Waals surface area contributed by atoms with Crippen molar-refractivity contribution in [1.29, 1.82) is 0 Å². The van der Waals surface area contributed by atoms with Gasteiger partial charge in [-0.1, -0.05) is 23.2 Å². The molecule has 0 fully saturated rings. The van der Waals surface area contributed by atoms with Crippen molar-refractivity contribution in [2.24, 2.45) is 0 Å². The second-order valence-electron chi connectivity index (χ2n) is 2.67. The Bertz CT molecular complexity index is 363. The Morgan fingerprint density at radius 3 is 2.71 bits per heavy atom. The van der Waals surface area contributed by atoms with Crippen LogP contribution in [0.25, 0.3) is 0 Å². The second kappa shape index (κ2) is 4.53. The first kappa shape index (κ1) is 11.1. The summed E-state index contributed by atoms with van der Waals surface area (Å²) in [5, 5.41) is 9.21. The van der Waals surface area contributed by atoms with E-state index < -0.39 is 12.6 Å². The number of hydrogen-bond acceptors (Lipinski definition) is 2. The number of benzene rings is 1. The van der Waals surface area contributed by atoms with Crippen LogP contribution in [0.2, 0.25) is 10.0 Å². The maximum atomic E-state index is 10.3. The summed E-state index contributed by atoms with van der Waals surface area (Å²) in [4.78, 5) is 10.3. The molecule has 0 saturated heterocycles. The second-order valence-corrected chi connectivity index (χ2v) is 3.45. The maximum absolute atomic E-state index is 10.3. The van der Waals surface area contributed by atoms with E-state index in [4.69, 9.17) is 33.0 Å². The lowest BCUT2D eigenvalue weighted by molar-refractivity contribution is -0.139. The molecule has 0 amide bonds. The van der Waals surface area contributed by atoms with E-state index in [9.17, 15) is 4.79 Å². The minimum Gasteiger partial charge on any atom is -0.482 e. The Morgan fingerprint density at radius 2 is 2.14 bits per heavy atom. The van der Waals surface area contributed by atoms with E-state index in [0.717, 1.165) is 0 Å². The summed E-state index contributed by atoms with van der Waals surface area (Å²) in [6.07, 6.45) is 0. The van der Waals surface area contributed by atoms with Gasteiger partial charge in [-0.25, -0.2) is 4.79 Å². The zero-order chi connectivity index (χ0) is 10.7. The summed E-state index contributed by atoms with van der Waals surface area (Å²) in [5.74, 6) is -0.600. The SMILES string of the molecule is Cc1c(OCC(=O)O)ccc(Cl)c1Cl. The van der Waals surface area contributed by atoms with Crippen LogP contribution in [-0.2, 0) is 4.79 Å². The molecule has 0 saturated carbocycles. The van der Waals surface area contributed by atoms with Crippen molar-refractivity contribution in [3.8, 4) is 5.75 Å². The Labute approximate surface area is 91.2 Å². The molecule has 0 spiro atoms. The molecule has 1 rings (SSSR count). The molecular weight excluding hydrogens is 227 g/mol. The van der Waals surface area contributed by atoms with E-state index in [0.29, 0.717) is 21.4 Å². The van der Waals surface area contributed by atoms with Crippen LogP contribution in [0, 0.1) is 6.92 Å². The van der Waals surface area contributed by atoms with Gasteiger partial charge >= 0.3 is 5.97 Å². The van der Waals surface area contributed by atoms with Gasteiger partial charge in [-0.2, -0.15) is 0 Å². The zero-order valence-corrected chi connectivity index (χ0v) is 8.89. The Hall–Kier alpha value is -0.930. The van der Waals surface area contributed by atoms with E-state index in [2.05, 4.69) is 0 Å². The molecule has 0 heterocycles. The first-order valence-electron chi connectivity index (χ1n) is 3.81. The fourth-order valence-electron chi connectivity index (χ4n) is 0.930. The van der Waals surface area contributed by atoms with E-state index in [1.165, 1.54) is 0 Å². The summed E-state index contributed by atoms with van der Waals surface area (Å²) in [7, 11) is 0. The molecular formula is C9H8Cl2O3. The highest BCUT2D eigenvalue weighted by atomic mass is 35.5. The molecule has 1 aromatic carbocycles. The number of ether oxygens (including phenoxy) is 1. The normalized spacial score (nSPS) is 9.93. The lowest BCUT2D eigenvalue weighted by atomic mass is 10.2. The van der Waals surface area contributed by atoms with Gasteiger partial charge < -0.3 is 9.84 Å². The van der Waals surface area contributed by atoms with Gasteiger partial charge in [0.1, 0.15) is 5.75 Å². The molecule has 3 nitrogen and oxygen atoms in total. The minimum atomic E-state index is -1.03. The van der Waals surface area contributed by atoms with Crippen LogP contribution in [0.5, 0.6) is 5.75 Å². The van der Waals surface area contributed by atoms with Crippen LogP contribution in [0.4, 0.5) is 0 Å². The van der Waals surface area contributed by atoms with Crippen LogP contribution < -0.4 is 4.74 Å². The van der Waals surface area contributed by atoms with E-state index in [1.807, 2.05) is 0 Å². The molecule has 0 unspecified atom stereocenters. The highest BCUT2D eigenvalue weighted by molar-refractivity contribution is 6.42. The van der Waals surface area contributed by atoms with E-state index in [-0.39, 0.29) is 0 Å². The average molecular weight is 235 g/mol. The number of rotatable bonds is 3. The first-order valence-corrected chi connectivity index (χ1v) is 4.57. The summed E-state index contributed by atoms with van der Waals surface area (Å²) < 4.78 is 4.99. The van der Waals surface area contributed by atoms with Crippen LogP contribution in [0.15, 0.2) is 12.1 Å². The molecule has 76 valence electrons. The van der Waals surface area contributed by atoms with Gasteiger partial charge in [0.15, 0.2) is 6.61 Å². The summed E-state index contributed by atoms with van der Waals surface area (Å²) in [6.45, 7) is 1.32. The topological polar surface area (TPSA) is 46.5 Å². The number of aliphatic carboxylic acids is 1. The molecule has 0 aliphatic carbocycles. The largest absolute Gasteiger partial charge is 0.482 e. The molecule has 0 bridgehead atoms. The number of carboxylic acids is 1. The summed E-state index contributed by atoms with van der Waals surface area (Å²) in [5.41, 5.74) is 0.639. The lowest BCUT2D eigenvalue weighted by Gasteiger charge is -2.08. The minimum absolute atomic E-state index is 0.384. The number of halogens is 2. The molecule has 0 aliphatic heterocycles. The number of carbonyl (C=O) groups is 1.